The number of allylic oxidation sites excluding steroid dienone is 1. The molecule has 0 N–H and O–H groups in total. The van der Waals surface area contributed by atoms with Crippen LogP contribution in [-0.2, 0) is 0 Å². The molecule has 0 unspecified atom stereocenters. The molecule has 2 heteroatoms. The predicted octanol–water partition coefficient (Wildman–Crippen LogP) is 2.82. The van der Waals surface area contributed by atoms with Crippen molar-refractivity contribution in [2.45, 2.75) is 13.3 Å². The van der Waals surface area contributed by atoms with Crippen molar-refractivity contribution in [2.24, 2.45) is 0 Å². The summed E-state index contributed by atoms with van der Waals surface area (Å²) in [6.07, 6.45) is 3.64. The van der Waals surface area contributed by atoms with Crippen molar-refractivity contribution < 1.29 is 4.79 Å². The molecule has 0 amide bonds. The number of carbonyl (C=O) groups excluding carboxylic acids is 1. The minimum atomic E-state index is 0.140. The van der Waals surface area contributed by atoms with Gasteiger partial charge in [-0.3, -0.25) is 4.79 Å². The largest absolute Gasteiger partial charge is 0.294 e. The van der Waals surface area contributed by atoms with E-state index in [1.807, 2.05) is 25.1 Å². The van der Waals surface area contributed by atoms with Crippen LogP contribution in [0.25, 0.3) is 6.08 Å². The zero-order valence-electron chi connectivity index (χ0n) is 8.03. The second-order valence-electron chi connectivity index (χ2n) is 2.86. The van der Waals surface area contributed by atoms with Gasteiger partial charge < -0.3 is 0 Å². The summed E-state index contributed by atoms with van der Waals surface area (Å²) >= 11 is 0. The van der Waals surface area contributed by atoms with E-state index in [-0.39, 0.29) is 5.78 Å². The second-order valence-corrected chi connectivity index (χ2v) is 2.86. The standard InChI is InChI=1S/C12H11NO/c1-2-12(14)11-7-5-10(6-8-11)4-3-9-13/h3-8H,2H2,1H3. The smallest absolute Gasteiger partial charge is 0.162 e. The highest BCUT2D eigenvalue weighted by atomic mass is 16.1. The third kappa shape index (κ3) is 2.56. The third-order valence-electron chi connectivity index (χ3n) is 1.90. The van der Waals surface area contributed by atoms with Crippen LogP contribution in [0.3, 0.4) is 0 Å². The van der Waals surface area contributed by atoms with Crippen molar-refractivity contribution in [1.82, 2.24) is 0 Å². The van der Waals surface area contributed by atoms with Crippen LogP contribution in [0.2, 0.25) is 0 Å². The number of carbonyl (C=O) groups is 1. The molecule has 0 aliphatic carbocycles. The number of rotatable bonds is 3. The molecule has 0 fully saturated rings. The first-order valence-electron chi connectivity index (χ1n) is 4.47. The molecular formula is C12H11NO. The molecule has 0 saturated carbocycles. The van der Waals surface area contributed by atoms with Crippen LogP contribution in [0, 0.1) is 11.3 Å². The van der Waals surface area contributed by atoms with Crippen LogP contribution in [0.5, 0.6) is 0 Å². The molecule has 2 nitrogen and oxygen atoms in total. The van der Waals surface area contributed by atoms with E-state index in [9.17, 15) is 4.79 Å². The van der Waals surface area contributed by atoms with Gasteiger partial charge in [0.15, 0.2) is 5.78 Å². The fourth-order valence-electron chi connectivity index (χ4n) is 1.12. The summed E-state index contributed by atoms with van der Waals surface area (Å²) in [4.78, 5) is 11.3. The average molecular weight is 185 g/mol. The lowest BCUT2D eigenvalue weighted by molar-refractivity contribution is 0.0988. The Kier molecular flexibility index (Phi) is 3.63. The highest BCUT2D eigenvalue weighted by molar-refractivity contribution is 5.95. The predicted molar refractivity (Wildman–Crippen MR) is 55.7 cm³/mol. The topological polar surface area (TPSA) is 40.9 Å². The maximum atomic E-state index is 11.3. The highest BCUT2D eigenvalue weighted by Gasteiger charge is 2.00. The molecule has 0 aliphatic heterocycles. The fourth-order valence-corrected chi connectivity index (χ4v) is 1.12. The Bertz CT molecular complexity index is 382. The van der Waals surface area contributed by atoms with E-state index in [1.165, 1.54) is 6.08 Å². The number of hydrogen-bond donors (Lipinski definition) is 0. The molecule has 0 aromatic heterocycles. The number of benzene rings is 1. The van der Waals surface area contributed by atoms with Crippen molar-refractivity contribution in [2.75, 3.05) is 0 Å². The fraction of sp³-hybridized carbons (Fsp3) is 0.167. The Morgan fingerprint density at radius 2 is 2.07 bits per heavy atom. The summed E-state index contributed by atoms with van der Waals surface area (Å²) < 4.78 is 0. The van der Waals surface area contributed by atoms with Crippen LogP contribution >= 0.6 is 0 Å². The molecular weight excluding hydrogens is 174 g/mol. The number of ketones is 1. The Labute approximate surface area is 83.5 Å². The van der Waals surface area contributed by atoms with E-state index in [1.54, 1.807) is 18.2 Å². The molecule has 1 aromatic rings. The minimum absolute atomic E-state index is 0.140. The van der Waals surface area contributed by atoms with Crippen molar-refractivity contribution in [3.05, 3.63) is 41.5 Å². The van der Waals surface area contributed by atoms with Crippen molar-refractivity contribution in [3.8, 4) is 6.07 Å². The first-order valence-corrected chi connectivity index (χ1v) is 4.47. The first-order chi connectivity index (χ1) is 6.77. The number of nitriles is 1. The monoisotopic (exact) mass is 185 g/mol. The normalized spacial score (nSPS) is 10.0. The highest BCUT2D eigenvalue weighted by Crippen LogP contribution is 2.07. The first kappa shape index (κ1) is 10.2. The molecule has 0 radical (unpaired) electrons. The Morgan fingerprint density at radius 3 is 2.57 bits per heavy atom. The number of hydrogen-bond acceptors (Lipinski definition) is 2. The van der Waals surface area contributed by atoms with Gasteiger partial charge >= 0.3 is 0 Å². The lowest BCUT2D eigenvalue weighted by Crippen LogP contribution is -1.95. The van der Waals surface area contributed by atoms with Crippen molar-refractivity contribution >= 4 is 11.9 Å². The maximum absolute atomic E-state index is 11.3. The molecule has 14 heavy (non-hydrogen) atoms. The molecule has 70 valence electrons. The van der Waals surface area contributed by atoms with Crippen LogP contribution in [-0.4, -0.2) is 5.78 Å². The zero-order chi connectivity index (χ0) is 10.4. The van der Waals surface area contributed by atoms with Gasteiger partial charge in [-0.1, -0.05) is 31.2 Å². The van der Waals surface area contributed by atoms with Gasteiger partial charge in [0.2, 0.25) is 0 Å². The van der Waals surface area contributed by atoms with E-state index in [2.05, 4.69) is 0 Å². The van der Waals surface area contributed by atoms with E-state index in [0.717, 1.165) is 11.1 Å². The SMILES string of the molecule is CCC(=O)c1ccc(C=CC#N)cc1. The van der Waals surface area contributed by atoms with Gasteiger partial charge in [0, 0.05) is 18.1 Å². The van der Waals surface area contributed by atoms with Crippen molar-refractivity contribution in [1.29, 1.82) is 5.26 Å². The van der Waals surface area contributed by atoms with Crippen LogP contribution in [0.4, 0.5) is 0 Å². The second kappa shape index (κ2) is 4.98. The van der Waals surface area contributed by atoms with Crippen LogP contribution in [0.1, 0.15) is 29.3 Å². The third-order valence-corrected chi connectivity index (χ3v) is 1.90. The quantitative estimate of drug-likeness (QED) is 0.536. The van der Waals surface area contributed by atoms with E-state index >= 15 is 0 Å². The maximum Gasteiger partial charge on any atom is 0.162 e. The Hall–Kier alpha value is -1.88. The van der Waals surface area contributed by atoms with Gasteiger partial charge in [-0.2, -0.15) is 5.26 Å². The average Bonchev–Trinajstić information content (AvgIpc) is 2.26. The van der Waals surface area contributed by atoms with Gasteiger partial charge in [-0.05, 0) is 11.6 Å². The molecule has 0 heterocycles. The van der Waals surface area contributed by atoms with Crippen LogP contribution in [0.15, 0.2) is 30.3 Å². The molecule has 1 rings (SSSR count). The molecule has 0 spiro atoms. The van der Waals surface area contributed by atoms with E-state index < -0.39 is 0 Å². The summed E-state index contributed by atoms with van der Waals surface area (Å²) in [6.45, 7) is 1.84. The lowest BCUT2D eigenvalue weighted by atomic mass is 10.1. The van der Waals surface area contributed by atoms with E-state index in [0.29, 0.717) is 6.42 Å². The molecule has 1 aromatic carbocycles. The number of Topliss-reactive ketones (excluding diaryl/α,β-unsaturated/α-hetero) is 1. The van der Waals surface area contributed by atoms with Crippen LogP contribution < -0.4 is 0 Å². The summed E-state index contributed by atoms with van der Waals surface area (Å²) in [7, 11) is 0. The number of nitrogens with zero attached hydrogens (tertiary/aromatic N) is 1. The zero-order valence-corrected chi connectivity index (χ0v) is 8.03. The minimum Gasteiger partial charge on any atom is -0.294 e. The summed E-state index contributed by atoms with van der Waals surface area (Å²) in [5, 5.41) is 8.32. The summed E-state index contributed by atoms with van der Waals surface area (Å²) in [5.74, 6) is 0.140. The van der Waals surface area contributed by atoms with Crippen molar-refractivity contribution in [3.63, 3.8) is 0 Å². The summed E-state index contributed by atoms with van der Waals surface area (Å²) in [6, 6.07) is 9.14. The molecule has 0 aliphatic rings. The summed E-state index contributed by atoms with van der Waals surface area (Å²) in [5.41, 5.74) is 1.65. The van der Waals surface area contributed by atoms with Gasteiger partial charge in [-0.15, -0.1) is 0 Å². The van der Waals surface area contributed by atoms with Gasteiger partial charge in [0.1, 0.15) is 0 Å². The molecule has 0 atom stereocenters. The van der Waals surface area contributed by atoms with Gasteiger partial charge in [0.25, 0.3) is 0 Å². The Balaban J connectivity index is 2.85. The Morgan fingerprint density at radius 1 is 1.43 bits per heavy atom. The van der Waals surface area contributed by atoms with Gasteiger partial charge in [-0.25, -0.2) is 0 Å². The molecule has 0 bridgehead atoms. The molecule has 0 saturated heterocycles. The van der Waals surface area contributed by atoms with Gasteiger partial charge in [0.05, 0.1) is 6.07 Å². The van der Waals surface area contributed by atoms with E-state index in [4.69, 9.17) is 5.26 Å². The lowest BCUT2D eigenvalue weighted by Gasteiger charge is -1.97.